The van der Waals surface area contributed by atoms with Crippen molar-refractivity contribution < 1.29 is 9.47 Å². The van der Waals surface area contributed by atoms with E-state index in [1.165, 1.54) is 32.4 Å². The summed E-state index contributed by atoms with van der Waals surface area (Å²) < 4.78 is 11.4. The highest BCUT2D eigenvalue weighted by Gasteiger charge is 2.18. The quantitative estimate of drug-likeness (QED) is 0.721. The Morgan fingerprint density at radius 2 is 2.41 bits per heavy atom. The molecule has 0 amide bonds. The van der Waals surface area contributed by atoms with Crippen LogP contribution in [0.4, 0.5) is 0 Å². The first-order chi connectivity index (χ1) is 8.34. The largest absolute Gasteiger partial charge is 0.379 e. The number of nitrogens with zero attached hydrogens (tertiary/aromatic N) is 1. The first kappa shape index (κ1) is 13.3. The Bertz CT molecular complexity index is 208. The van der Waals surface area contributed by atoms with Crippen molar-refractivity contribution in [3.05, 3.63) is 0 Å². The lowest BCUT2D eigenvalue weighted by molar-refractivity contribution is -0.0645. The van der Waals surface area contributed by atoms with E-state index in [9.17, 15) is 0 Å². The molecule has 0 aromatic heterocycles. The first-order valence-corrected chi connectivity index (χ1v) is 6.93. The van der Waals surface area contributed by atoms with Crippen molar-refractivity contribution in [2.24, 2.45) is 5.92 Å². The Hall–Kier alpha value is -0.160. The van der Waals surface area contributed by atoms with Crippen LogP contribution in [0, 0.1) is 5.92 Å². The minimum Gasteiger partial charge on any atom is -0.379 e. The van der Waals surface area contributed by atoms with E-state index >= 15 is 0 Å². The monoisotopic (exact) mass is 242 g/mol. The second kappa shape index (κ2) is 7.31. The zero-order chi connectivity index (χ0) is 11.9. The number of hydrogen-bond donors (Lipinski definition) is 1. The van der Waals surface area contributed by atoms with Gasteiger partial charge in [0.05, 0.1) is 19.3 Å². The number of morpholine rings is 1. The maximum atomic E-state index is 5.74. The molecule has 100 valence electrons. The van der Waals surface area contributed by atoms with Crippen LogP contribution in [0.25, 0.3) is 0 Å². The smallest absolute Gasteiger partial charge is 0.0935 e. The zero-order valence-electron chi connectivity index (χ0n) is 11.0. The molecule has 0 aliphatic carbocycles. The molecule has 0 spiro atoms. The summed E-state index contributed by atoms with van der Waals surface area (Å²) in [6.45, 7) is 6.90. The highest BCUT2D eigenvalue weighted by molar-refractivity contribution is 4.70. The van der Waals surface area contributed by atoms with Gasteiger partial charge in [-0.15, -0.1) is 0 Å². The van der Waals surface area contributed by atoms with E-state index in [2.05, 4.69) is 17.3 Å². The van der Waals surface area contributed by atoms with Crippen LogP contribution in [0.2, 0.25) is 0 Å². The topological polar surface area (TPSA) is 33.7 Å². The van der Waals surface area contributed by atoms with Crippen LogP contribution in [-0.4, -0.2) is 64.1 Å². The molecule has 0 aromatic rings. The summed E-state index contributed by atoms with van der Waals surface area (Å²) in [4.78, 5) is 2.31. The fraction of sp³-hybridized carbons (Fsp3) is 1.00. The highest BCUT2D eigenvalue weighted by atomic mass is 16.5. The Kier molecular flexibility index (Phi) is 5.71. The van der Waals surface area contributed by atoms with Gasteiger partial charge in [-0.3, -0.25) is 0 Å². The van der Waals surface area contributed by atoms with E-state index in [4.69, 9.17) is 9.47 Å². The number of likely N-dealkylation sites (N-methyl/N-ethyl adjacent to an activating group) is 1. The third kappa shape index (κ3) is 4.92. The van der Waals surface area contributed by atoms with Gasteiger partial charge in [-0.25, -0.2) is 0 Å². The van der Waals surface area contributed by atoms with Crippen LogP contribution in [0.3, 0.4) is 0 Å². The summed E-state index contributed by atoms with van der Waals surface area (Å²) in [5.74, 6) is 0.818. The highest BCUT2D eigenvalue weighted by Crippen LogP contribution is 2.14. The second-order valence-electron chi connectivity index (χ2n) is 5.33. The Morgan fingerprint density at radius 1 is 1.47 bits per heavy atom. The van der Waals surface area contributed by atoms with Crippen LogP contribution in [-0.2, 0) is 9.47 Å². The van der Waals surface area contributed by atoms with Crippen molar-refractivity contribution in [3.8, 4) is 0 Å². The van der Waals surface area contributed by atoms with Gasteiger partial charge in [0.15, 0.2) is 0 Å². The molecule has 0 aromatic carbocycles. The summed E-state index contributed by atoms with van der Waals surface area (Å²) >= 11 is 0. The normalized spacial score (nSPS) is 31.6. The molecule has 17 heavy (non-hydrogen) atoms. The molecule has 2 rings (SSSR count). The predicted molar refractivity (Wildman–Crippen MR) is 68.3 cm³/mol. The summed E-state index contributed by atoms with van der Waals surface area (Å²) in [5, 5.41) is 3.44. The SMILES string of the molecule is CN1CCOC(COCCC2CCCNC2)C1. The molecule has 2 atom stereocenters. The van der Waals surface area contributed by atoms with Gasteiger partial charge >= 0.3 is 0 Å². The molecule has 2 aliphatic heterocycles. The molecule has 2 heterocycles. The van der Waals surface area contributed by atoms with Crippen molar-refractivity contribution in [3.63, 3.8) is 0 Å². The van der Waals surface area contributed by atoms with E-state index in [-0.39, 0.29) is 6.10 Å². The zero-order valence-corrected chi connectivity index (χ0v) is 11.0. The lowest BCUT2D eigenvalue weighted by Gasteiger charge is -2.30. The summed E-state index contributed by atoms with van der Waals surface area (Å²) in [7, 11) is 2.14. The maximum absolute atomic E-state index is 5.74. The van der Waals surface area contributed by atoms with E-state index in [1.54, 1.807) is 0 Å². The van der Waals surface area contributed by atoms with Crippen LogP contribution < -0.4 is 5.32 Å². The van der Waals surface area contributed by atoms with E-state index in [1.807, 2.05) is 0 Å². The van der Waals surface area contributed by atoms with Crippen LogP contribution >= 0.6 is 0 Å². The molecule has 2 saturated heterocycles. The summed E-state index contributed by atoms with van der Waals surface area (Å²) in [5.41, 5.74) is 0. The van der Waals surface area contributed by atoms with Gasteiger partial charge in [-0.05, 0) is 45.3 Å². The molecule has 4 nitrogen and oxygen atoms in total. The van der Waals surface area contributed by atoms with Gasteiger partial charge in [0.25, 0.3) is 0 Å². The van der Waals surface area contributed by atoms with Crippen LogP contribution in [0.5, 0.6) is 0 Å². The minimum atomic E-state index is 0.276. The minimum absolute atomic E-state index is 0.276. The molecule has 2 fully saturated rings. The van der Waals surface area contributed by atoms with Gasteiger partial charge in [0.1, 0.15) is 0 Å². The van der Waals surface area contributed by atoms with Crippen molar-refractivity contribution in [1.82, 2.24) is 10.2 Å². The molecule has 0 radical (unpaired) electrons. The van der Waals surface area contributed by atoms with Gasteiger partial charge in [-0.2, -0.15) is 0 Å². The Labute approximate surface area is 105 Å². The fourth-order valence-corrected chi connectivity index (χ4v) is 2.60. The molecular weight excluding hydrogens is 216 g/mol. The Balaban J connectivity index is 1.50. The number of nitrogens with one attached hydrogen (secondary N) is 1. The molecule has 4 heteroatoms. The third-order valence-corrected chi connectivity index (χ3v) is 3.71. The van der Waals surface area contributed by atoms with Crippen molar-refractivity contribution in [2.75, 3.05) is 53.0 Å². The molecule has 2 unspecified atom stereocenters. The standard InChI is InChI=1S/C13H26N2O2/c1-15-6-8-17-13(10-15)11-16-7-4-12-3-2-5-14-9-12/h12-14H,2-11H2,1H3. The number of hydrogen-bond acceptors (Lipinski definition) is 4. The van der Waals surface area contributed by atoms with E-state index < -0.39 is 0 Å². The number of rotatable bonds is 5. The average Bonchev–Trinajstić information content (AvgIpc) is 2.36. The van der Waals surface area contributed by atoms with Crippen molar-refractivity contribution in [1.29, 1.82) is 0 Å². The molecule has 1 N–H and O–H groups in total. The summed E-state index contributed by atoms with van der Waals surface area (Å²) in [6, 6.07) is 0. The number of ether oxygens (including phenoxy) is 2. The number of piperidine rings is 1. The lowest BCUT2D eigenvalue weighted by Crippen LogP contribution is -2.42. The summed E-state index contributed by atoms with van der Waals surface area (Å²) in [6.07, 6.45) is 4.15. The lowest BCUT2D eigenvalue weighted by atomic mass is 9.97. The first-order valence-electron chi connectivity index (χ1n) is 6.93. The van der Waals surface area contributed by atoms with Crippen molar-refractivity contribution >= 4 is 0 Å². The third-order valence-electron chi connectivity index (χ3n) is 3.71. The van der Waals surface area contributed by atoms with E-state index in [0.29, 0.717) is 0 Å². The molecular formula is C13H26N2O2. The van der Waals surface area contributed by atoms with Gasteiger partial charge in [0.2, 0.25) is 0 Å². The van der Waals surface area contributed by atoms with Gasteiger partial charge in [-0.1, -0.05) is 0 Å². The average molecular weight is 242 g/mol. The fourth-order valence-electron chi connectivity index (χ4n) is 2.60. The van der Waals surface area contributed by atoms with Gasteiger partial charge in [0, 0.05) is 19.7 Å². The molecule has 0 bridgehead atoms. The molecule has 2 aliphatic rings. The van der Waals surface area contributed by atoms with Crippen LogP contribution in [0.15, 0.2) is 0 Å². The van der Waals surface area contributed by atoms with Crippen LogP contribution in [0.1, 0.15) is 19.3 Å². The Morgan fingerprint density at radius 3 is 3.18 bits per heavy atom. The van der Waals surface area contributed by atoms with Crippen molar-refractivity contribution in [2.45, 2.75) is 25.4 Å². The predicted octanol–water partition coefficient (Wildman–Crippen LogP) is 0.723. The van der Waals surface area contributed by atoms with E-state index in [0.717, 1.165) is 38.8 Å². The second-order valence-corrected chi connectivity index (χ2v) is 5.33. The van der Waals surface area contributed by atoms with Gasteiger partial charge < -0.3 is 19.7 Å². The maximum Gasteiger partial charge on any atom is 0.0935 e. The molecule has 0 saturated carbocycles.